The first-order valence-electron chi connectivity index (χ1n) is 7.04. The maximum Gasteiger partial charge on any atom is 0.0696 e. The van der Waals surface area contributed by atoms with Gasteiger partial charge in [-0.15, -0.1) is 0 Å². The van der Waals surface area contributed by atoms with E-state index in [-0.39, 0.29) is 5.41 Å². The molecule has 0 N–H and O–H groups in total. The summed E-state index contributed by atoms with van der Waals surface area (Å²) in [5.41, 5.74) is 3.22. The van der Waals surface area contributed by atoms with E-state index in [1.807, 2.05) is 18.2 Å². The highest BCUT2D eigenvalue weighted by atomic mass is 35.5. The first kappa shape index (κ1) is 14.4. The summed E-state index contributed by atoms with van der Waals surface area (Å²) in [4.78, 5) is 0. The maximum atomic E-state index is 9.76. The van der Waals surface area contributed by atoms with Gasteiger partial charge in [-0.25, -0.2) is 0 Å². The fourth-order valence-electron chi connectivity index (χ4n) is 3.14. The maximum absolute atomic E-state index is 9.76. The Morgan fingerprint density at radius 1 is 1.05 bits per heavy atom. The summed E-state index contributed by atoms with van der Waals surface area (Å²) in [6.07, 6.45) is 3.24. The second-order valence-corrected chi connectivity index (χ2v) is 6.51. The average molecular weight is 316 g/mol. The van der Waals surface area contributed by atoms with E-state index >= 15 is 0 Å². The Kier molecular flexibility index (Phi) is 3.93. The molecule has 0 bridgehead atoms. The summed E-state index contributed by atoms with van der Waals surface area (Å²) < 4.78 is 0. The normalized spacial score (nSPS) is 20.6. The number of rotatable bonds is 2. The molecule has 1 aliphatic rings. The van der Waals surface area contributed by atoms with E-state index in [1.165, 1.54) is 11.1 Å². The summed E-state index contributed by atoms with van der Waals surface area (Å²) >= 11 is 12.4. The van der Waals surface area contributed by atoms with Crippen molar-refractivity contribution in [3.05, 3.63) is 69.2 Å². The molecule has 1 aliphatic carbocycles. The molecular formula is C18H15Cl2N. The Hall–Kier alpha value is -1.49. The third-order valence-corrected chi connectivity index (χ3v) is 5.18. The second kappa shape index (κ2) is 5.72. The summed E-state index contributed by atoms with van der Waals surface area (Å²) in [6.45, 7) is 0. The van der Waals surface area contributed by atoms with Crippen LogP contribution in [0.1, 0.15) is 23.1 Å². The molecule has 0 heterocycles. The molecule has 21 heavy (non-hydrogen) atoms. The van der Waals surface area contributed by atoms with Crippen LogP contribution in [0.4, 0.5) is 0 Å². The number of nitriles is 1. The second-order valence-electron chi connectivity index (χ2n) is 5.73. The smallest absolute Gasteiger partial charge is 0.0696 e. The Morgan fingerprint density at radius 3 is 2.57 bits per heavy atom. The van der Waals surface area contributed by atoms with E-state index in [1.54, 1.807) is 6.07 Å². The zero-order valence-corrected chi connectivity index (χ0v) is 13.1. The molecule has 106 valence electrons. The third-order valence-electron chi connectivity index (χ3n) is 4.32. The standard InChI is InChI=1S/C18H15Cl2N/c19-16-7-3-6-15(17(16)20)11-18(12-21)9-8-13-4-1-2-5-14(13)10-18/h1-7H,8-11H2. The van der Waals surface area contributed by atoms with Crippen LogP contribution in [0.15, 0.2) is 42.5 Å². The van der Waals surface area contributed by atoms with Gasteiger partial charge in [-0.2, -0.15) is 5.26 Å². The molecule has 0 saturated heterocycles. The quantitative estimate of drug-likeness (QED) is 0.744. The molecular weight excluding hydrogens is 301 g/mol. The molecule has 2 aromatic rings. The molecule has 0 amide bonds. The average Bonchev–Trinajstić information content (AvgIpc) is 2.52. The van der Waals surface area contributed by atoms with Gasteiger partial charge < -0.3 is 0 Å². The van der Waals surface area contributed by atoms with Crippen molar-refractivity contribution < 1.29 is 0 Å². The topological polar surface area (TPSA) is 23.8 Å². The van der Waals surface area contributed by atoms with Crippen molar-refractivity contribution in [1.82, 2.24) is 0 Å². The highest BCUT2D eigenvalue weighted by Crippen LogP contribution is 2.40. The van der Waals surface area contributed by atoms with E-state index in [0.717, 1.165) is 24.8 Å². The van der Waals surface area contributed by atoms with Crippen LogP contribution < -0.4 is 0 Å². The molecule has 3 heteroatoms. The molecule has 3 rings (SSSR count). The molecule has 2 aromatic carbocycles. The highest BCUT2D eigenvalue weighted by molar-refractivity contribution is 6.42. The Morgan fingerprint density at radius 2 is 1.81 bits per heavy atom. The van der Waals surface area contributed by atoms with Gasteiger partial charge in [-0.1, -0.05) is 59.6 Å². The van der Waals surface area contributed by atoms with E-state index in [0.29, 0.717) is 16.5 Å². The summed E-state index contributed by atoms with van der Waals surface area (Å²) in [5.74, 6) is 0. The highest BCUT2D eigenvalue weighted by Gasteiger charge is 2.35. The minimum atomic E-state index is -0.386. The Bertz CT molecular complexity index is 717. The van der Waals surface area contributed by atoms with Crippen LogP contribution in [0, 0.1) is 16.7 Å². The van der Waals surface area contributed by atoms with Crippen LogP contribution in [0.2, 0.25) is 10.0 Å². The van der Waals surface area contributed by atoms with Crippen molar-refractivity contribution in [2.75, 3.05) is 0 Å². The molecule has 1 nitrogen and oxygen atoms in total. The van der Waals surface area contributed by atoms with Crippen molar-refractivity contribution in [3.8, 4) is 6.07 Å². The molecule has 0 fully saturated rings. The van der Waals surface area contributed by atoms with Gasteiger partial charge in [0, 0.05) is 0 Å². The molecule has 0 spiro atoms. The zero-order chi connectivity index (χ0) is 14.9. The summed E-state index contributed by atoms with van der Waals surface area (Å²) in [5, 5.41) is 10.9. The third kappa shape index (κ3) is 2.79. The number of aryl methyl sites for hydroxylation is 1. The largest absolute Gasteiger partial charge is 0.198 e. The van der Waals surface area contributed by atoms with Crippen LogP contribution in [0.3, 0.4) is 0 Å². The zero-order valence-electron chi connectivity index (χ0n) is 11.6. The molecule has 1 unspecified atom stereocenters. The van der Waals surface area contributed by atoms with Crippen molar-refractivity contribution >= 4 is 23.2 Å². The van der Waals surface area contributed by atoms with Crippen LogP contribution in [-0.4, -0.2) is 0 Å². The van der Waals surface area contributed by atoms with E-state index in [2.05, 4.69) is 24.3 Å². The van der Waals surface area contributed by atoms with Gasteiger partial charge in [0.1, 0.15) is 0 Å². The fraction of sp³-hybridized carbons (Fsp3) is 0.278. The van der Waals surface area contributed by atoms with Crippen LogP contribution >= 0.6 is 23.2 Å². The molecule has 1 atom stereocenters. The predicted octanol–water partition coefficient (Wildman–Crippen LogP) is 5.23. The molecule has 0 saturated carbocycles. The lowest BCUT2D eigenvalue weighted by molar-refractivity contribution is 0.339. The number of fused-ring (bicyclic) bond motifs is 1. The number of nitrogens with zero attached hydrogens (tertiary/aromatic N) is 1. The number of hydrogen-bond acceptors (Lipinski definition) is 1. The Balaban J connectivity index is 1.93. The van der Waals surface area contributed by atoms with Gasteiger partial charge in [0.05, 0.1) is 21.5 Å². The molecule has 0 radical (unpaired) electrons. The number of benzene rings is 2. The van der Waals surface area contributed by atoms with Gasteiger partial charge in [0.25, 0.3) is 0 Å². The van der Waals surface area contributed by atoms with Crippen LogP contribution in [0.25, 0.3) is 0 Å². The van der Waals surface area contributed by atoms with Gasteiger partial charge in [0.15, 0.2) is 0 Å². The van der Waals surface area contributed by atoms with Gasteiger partial charge in [-0.05, 0) is 48.4 Å². The lowest BCUT2D eigenvalue weighted by Gasteiger charge is -2.32. The number of hydrogen-bond donors (Lipinski definition) is 0. The van der Waals surface area contributed by atoms with Crippen molar-refractivity contribution in [3.63, 3.8) is 0 Å². The summed E-state index contributed by atoms with van der Waals surface area (Å²) in [6, 6.07) is 16.6. The number of halogens is 2. The minimum absolute atomic E-state index is 0.386. The van der Waals surface area contributed by atoms with E-state index in [4.69, 9.17) is 23.2 Å². The fourth-order valence-corrected chi connectivity index (χ4v) is 3.52. The van der Waals surface area contributed by atoms with Gasteiger partial charge >= 0.3 is 0 Å². The Labute approximate surface area is 135 Å². The van der Waals surface area contributed by atoms with Crippen molar-refractivity contribution in [2.24, 2.45) is 5.41 Å². The molecule has 0 aromatic heterocycles. The van der Waals surface area contributed by atoms with Crippen LogP contribution in [-0.2, 0) is 19.3 Å². The minimum Gasteiger partial charge on any atom is -0.198 e. The van der Waals surface area contributed by atoms with Crippen LogP contribution in [0.5, 0.6) is 0 Å². The first-order chi connectivity index (χ1) is 10.1. The lowest BCUT2D eigenvalue weighted by atomic mass is 9.69. The van der Waals surface area contributed by atoms with Crippen molar-refractivity contribution in [2.45, 2.75) is 25.7 Å². The molecule has 0 aliphatic heterocycles. The monoisotopic (exact) mass is 315 g/mol. The van der Waals surface area contributed by atoms with E-state index in [9.17, 15) is 5.26 Å². The van der Waals surface area contributed by atoms with E-state index < -0.39 is 0 Å². The predicted molar refractivity (Wildman–Crippen MR) is 86.7 cm³/mol. The summed E-state index contributed by atoms with van der Waals surface area (Å²) in [7, 11) is 0. The van der Waals surface area contributed by atoms with Gasteiger partial charge in [0.2, 0.25) is 0 Å². The van der Waals surface area contributed by atoms with Gasteiger partial charge in [-0.3, -0.25) is 0 Å². The van der Waals surface area contributed by atoms with Crippen molar-refractivity contribution in [1.29, 1.82) is 5.26 Å². The lowest BCUT2D eigenvalue weighted by Crippen LogP contribution is -2.30. The SMILES string of the molecule is N#CC1(Cc2cccc(Cl)c2Cl)CCc2ccccc2C1. The first-order valence-corrected chi connectivity index (χ1v) is 7.80.